The van der Waals surface area contributed by atoms with Crippen molar-refractivity contribution in [3.05, 3.63) is 49.1 Å². The first kappa shape index (κ1) is 17.9. The molecule has 1 aliphatic rings. The van der Waals surface area contributed by atoms with Crippen molar-refractivity contribution in [1.82, 2.24) is 4.90 Å². The van der Waals surface area contributed by atoms with Gasteiger partial charge < -0.3 is 9.52 Å². The maximum atomic E-state index is 12.6. The number of fused-ring (bicyclic) bond motifs is 1. The Morgan fingerprint density at radius 1 is 1.36 bits per heavy atom. The van der Waals surface area contributed by atoms with Crippen molar-refractivity contribution in [1.29, 1.82) is 0 Å². The lowest BCUT2D eigenvalue weighted by Gasteiger charge is -2.10. The van der Waals surface area contributed by atoms with E-state index in [0.717, 1.165) is 16.7 Å². The molecule has 1 fully saturated rings. The molecule has 1 aromatic carbocycles. The van der Waals surface area contributed by atoms with Crippen molar-refractivity contribution < 1.29 is 19.1 Å². The predicted octanol–water partition coefficient (Wildman–Crippen LogP) is 3.39. The zero-order valence-electron chi connectivity index (χ0n) is 12.1. The number of hydrogen-bond acceptors (Lipinski definition) is 6. The fraction of sp³-hybridized carbons (Fsp3) is 0.0667. The van der Waals surface area contributed by atoms with Crippen LogP contribution in [0.15, 0.2) is 32.5 Å². The zero-order chi connectivity index (χ0) is 18.3. The molecule has 0 aliphatic carbocycles. The standard InChI is InChI=1S/C15H7Cl2NO5S2/c16-7-2-8-12(21)6(5-23-13(8)9(17)3-7)1-10-14(22)18(4-11(19)20)15(24)25-10/h1-3,5H,4H2,(H,19,20)/b10-1-. The molecule has 1 amide bonds. The van der Waals surface area contributed by atoms with Gasteiger partial charge in [-0.15, -0.1) is 0 Å². The molecule has 1 aromatic heterocycles. The first-order chi connectivity index (χ1) is 11.8. The summed E-state index contributed by atoms with van der Waals surface area (Å²) < 4.78 is 5.48. The number of carbonyl (C=O) groups is 2. The van der Waals surface area contributed by atoms with Crippen LogP contribution in [0.3, 0.4) is 0 Å². The number of thioether (sulfide) groups is 1. The van der Waals surface area contributed by atoms with E-state index in [9.17, 15) is 14.4 Å². The number of carbonyl (C=O) groups excluding carboxylic acids is 1. The minimum absolute atomic E-state index is 0.0988. The van der Waals surface area contributed by atoms with Gasteiger partial charge in [-0.2, -0.15) is 0 Å². The summed E-state index contributed by atoms with van der Waals surface area (Å²) in [6.45, 7) is -0.542. The Morgan fingerprint density at radius 2 is 2.08 bits per heavy atom. The van der Waals surface area contributed by atoms with Crippen LogP contribution in [0.1, 0.15) is 5.56 Å². The Balaban J connectivity index is 2.06. The van der Waals surface area contributed by atoms with Crippen LogP contribution in [0.25, 0.3) is 17.0 Å². The van der Waals surface area contributed by atoms with Gasteiger partial charge in [-0.25, -0.2) is 0 Å². The van der Waals surface area contributed by atoms with Crippen molar-refractivity contribution in [3.8, 4) is 0 Å². The third-order valence-electron chi connectivity index (χ3n) is 3.27. The molecule has 0 saturated carbocycles. The van der Waals surface area contributed by atoms with Crippen LogP contribution in [0, 0.1) is 0 Å². The second-order valence-corrected chi connectivity index (χ2v) is 7.47. The van der Waals surface area contributed by atoms with Gasteiger partial charge >= 0.3 is 5.97 Å². The normalized spacial score (nSPS) is 16.2. The summed E-state index contributed by atoms with van der Waals surface area (Å²) in [5.74, 6) is -1.77. The van der Waals surface area contributed by atoms with Gasteiger partial charge in [0, 0.05) is 5.02 Å². The Kier molecular flexibility index (Phi) is 4.88. The summed E-state index contributed by atoms with van der Waals surface area (Å²) in [4.78, 5) is 36.7. The van der Waals surface area contributed by atoms with Gasteiger partial charge in [-0.05, 0) is 18.2 Å². The van der Waals surface area contributed by atoms with E-state index >= 15 is 0 Å². The molecule has 2 aromatic rings. The van der Waals surface area contributed by atoms with Gasteiger partial charge in [0.2, 0.25) is 0 Å². The van der Waals surface area contributed by atoms with Gasteiger partial charge in [0.25, 0.3) is 5.91 Å². The third-order valence-corrected chi connectivity index (χ3v) is 5.15. The van der Waals surface area contributed by atoms with E-state index in [-0.39, 0.29) is 35.8 Å². The highest BCUT2D eigenvalue weighted by molar-refractivity contribution is 8.26. The molecule has 25 heavy (non-hydrogen) atoms. The summed E-state index contributed by atoms with van der Waals surface area (Å²) in [7, 11) is 0. The van der Waals surface area contributed by atoms with Crippen LogP contribution in [0.5, 0.6) is 0 Å². The first-order valence-electron chi connectivity index (χ1n) is 6.65. The van der Waals surface area contributed by atoms with E-state index in [4.69, 9.17) is 44.9 Å². The van der Waals surface area contributed by atoms with Gasteiger partial charge in [0.1, 0.15) is 17.1 Å². The molecular formula is C15H7Cl2NO5S2. The van der Waals surface area contributed by atoms with Crippen molar-refractivity contribution in [3.63, 3.8) is 0 Å². The highest BCUT2D eigenvalue weighted by Crippen LogP contribution is 2.32. The van der Waals surface area contributed by atoms with Crippen molar-refractivity contribution >= 4 is 80.4 Å². The number of nitrogens with zero attached hydrogens (tertiary/aromatic N) is 1. The summed E-state index contributed by atoms with van der Waals surface area (Å²) in [5, 5.41) is 9.47. The fourth-order valence-corrected chi connectivity index (χ4v) is 3.98. The summed E-state index contributed by atoms with van der Waals surface area (Å²) in [6, 6.07) is 2.87. The summed E-state index contributed by atoms with van der Waals surface area (Å²) in [6.07, 6.45) is 2.48. The van der Waals surface area contributed by atoms with Gasteiger partial charge in [0.05, 0.1) is 20.9 Å². The number of halogens is 2. The average Bonchev–Trinajstić information content (AvgIpc) is 2.77. The molecule has 0 unspecified atom stereocenters. The van der Waals surface area contributed by atoms with Crippen LogP contribution >= 0.6 is 47.2 Å². The molecule has 3 rings (SSSR count). The van der Waals surface area contributed by atoms with E-state index in [0.29, 0.717) is 0 Å². The number of carboxylic acids is 1. The largest absolute Gasteiger partial charge is 0.480 e. The Labute approximate surface area is 160 Å². The molecule has 2 heterocycles. The maximum Gasteiger partial charge on any atom is 0.323 e. The number of thiocarbonyl (C=S) groups is 1. The lowest BCUT2D eigenvalue weighted by molar-refractivity contribution is -0.140. The molecular weight excluding hydrogens is 409 g/mol. The van der Waals surface area contributed by atoms with Crippen LogP contribution in [0.4, 0.5) is 0 Å². The van der Waals surface area contributed by atoms with E-state index in [1.807, 2.05) is 0 Å². The van der Waals surface area contributed by atoms with Crippen molar-refractivity contribution in [2.75, 3.05) is 6.54 Å². The smallest absolute Gasteiger partial charge is 0.323 e. The lowest BCUT2D eigenvalue weighted by Crippen LogP contribution is -2.33. The first-order valence-corrected chi connectivity index (χ1v) is 8.63. The molecule has 1 aliphatic heterocycles. The van der Waals surface area contributed by atoms with Crippen LogP contribution in [-0.4, -0.2) is 32.7 Å². The average molecular weight is 416 g/mol. The molecule has 6 nitrogen and oxygen atoms in total. The molecule has 1 saturated heterocycles. The zero-order valence-corrected chi connectivity index (χ0v) is 15.3. The van der Waals surface area contributed by atoms with Crippen LogP contribution in [0.2, 0.25) is 10.0 Å². The minimum Gasteiger partial charge on any atom is -0.480 e. The van der Waals surface area contributed by atoms with E-state index in [1.165, 1.54) is 24.5 Å². The molecule has 0 bridgehead atoms. The van der Waals surface area contributed by atoms with E-state index < -0.39 is 23.9 Å². The summed E-state index contributed by atoms with van der Waals surface area (Å²) >= 11 is 17.8. The number of benzene rings is 1. The molecule has 1 N–H and O–H groups in total. The molecule has 0 spiro atoms. The monoisotopic (exact) mass is 415 g/mol. The molecule has 10 heteroatoms. The van der Waals surface area contributed by atoms with Crippen molar-refractivity contribution in [2.24, 2.45) is 0 Å². The number of rotatable bonds is 3. The summed E-state index contributed by atoms with van der Waals surface area (Å²) in [5.41, 5.74) is -0.137. The Bertz CT molecular complexity index is 1030. The quantitative estimate of drug-likeness (QED) is 0.606. The van der Waals surface area contributed by atoms with Crippen LogP contribution in [-0.2, 0) is 9.59 Å². The molecule has 128 valence electrons. The molecule has 0 radical (unpaired) electrons. The number of hydrogen-bond donors (Lipinski definition) is 1. The highest BCUT2D eigenvalue weighted by Gasteiger charge is 2.33. The number of aliphatic carboxylic acids is 1. The topological polar surface area (TPSA) is 87.8 Å². The Hall–Kier alpha value is -1.87. The van der Waals surface area contributed by atoms with E-state index in [2.05, 4.69) is 0 Å². The highest BCUT2D eigenvalue weighted by atomic mass is 35.5. The van der Waals surface area contributed by atoms with Gasteiger partial charge in [-0.1, -0.05) is 47.2 Å². The fourth-order valence-electron chi connectivity index (χ4n) is 2.19. The van der Waals surface area contributed by atoms with Gasteiger partial charge in [0.15, 0.2) is 11.0 Å². The number of amides is 1. The minimum atomic E-state index is -1.19. The van der Waals surface area contributed by atoms with Crippen LogP contribution < -0.4 is 5.43 Å². The van der Waals surface area contributed by atoms with E-state index in [1.54, 1.807) is 0 Å². The Morgan fingerprint density at radius 3 is 2.76 bits per heavy atom. The second kappa shape index (κ2) is 6.80. The molecule has 0 atom stereocenters. The predicted molar refractivity (Wildman–Crippen MR) is 100 cm³/mol. The number of carboxylic acid groups (broad SMARTS) is 1. The maximum absolute atomic E-state index is 12.6. The SMILES string of the molecule is O=C(O)CN1C(=O)/C(=C/c2coc3c(Cl)cc(Cl)cc3c2=O)SC1=S. The third kappa shape index (κ3) is 3.43. The van der Waals surface area contributed by atoms with Gasteiger partial charge in [-0.3, -0.25) is 19.3 Å². The second-order valence-electron chi connectivity index (χ2n) is 4.95. The lowest BCUT2D eigenvalue weighted by atomic mass is 10.1. The van der Waals surface area contributed by atoms with Crippen molar-refractivity contribution in [2.45, 2.75) is 0 Å².